The summed E-state index contributed by atoms with van der Waals surface area (Å²) in [6.07, 6.45) is 0.955. The molecule has 5 heteroatoms. The normalized spacial score (nSPS) is 13.0. The molecule has 0 fully saturated rings. The van der Waals surface area contributed by atoms with Gasteiger partial charge in [-0.15, -0.1) is 0 Å². The third-order valence-corrected chi connectivity index (χ3v) is 4.91. The van der Waals surface area contributed by atoms with Crippen LogP contribution in [-0.2, 0) is 6.42 Å². The number of anilines is 1. The zero-order valence-corrected chi connectivity index (χ0v) is 14.1. The zero-order chi connectivity index (χ0) is 16.0. The number of nitrogens with one attached hydrogen (secondary N) is 1. The number of benzene rings is 2. The van der Waals surface area contributed by atoms with E-state index in [1.165, 1.54) is 11.1 Å². The van der Waals surface area contributed by atoms with Crippen LogP contribution in [0.25, 0.3) is 16.9 Å². The molecule has 3 aromatic rings. The molecule has 0 bridgehead atoms. The second-order valence-electron chi connectivity index (χ2n) is 5.71. The first kappa shape index (κ1) is 14.6. The number of halogens is 2. The van der Waals surface area contributed by atoms with Gasteiger partial charge in [-0.1, -0.05) is 53.0 Å². The monoisotopic (exact) mass is 343 g/mol. The maximum Gasteiger partial charge on any atom is 0.133 e. The second-order valence-corrected chi connectivity index (χ2v) is 6.49. The summed E-state index contributed by atoms with van der Waals surface area (Å²) in [7, 11) is 0. The molecular weight excluding hydrogens is 329 g/mol. The average Bonchev–Trinajstić information content (AvgIpc) is 3.12. The van der Waals surface area contributed by atoms with Gasteiger partial charge in [0, 0.05) is 17.7 Å². The van der Waals surface area contributed by atoms with Gasteiger partial charge in [-0.05, 0) is 31.5 Å². The fourth-order valence-corrected chi connectivity index (χ4v) is 3.40. The Morgan fingerprint density at radius 1 is 1.13 bits per heavy atom. The standard InChI is InChI=1S/C18H15Cl2N3/c1-11-4-2-5-12(10-11)17-13-8-9-21-18(13)23(22-17)15-7-3-6-14(19)16(15)20/h2-7,10,21H,8-9H2,1H3. The van der Waals surface area contributed by atoms with Crippen LogP contribution in [0.15, 0.2) is 42.5 Å². The number of aromatic nitrogens is 2. The summed E-state index contributed by atoms with van der Waals surface area (Å²) in [5.41, 5.74) is 5.37. The number of hydrogen-bond acceptors (Lipinski definition) is 2. The predicted molar refractivity (Wildman–Crippen MR) is 96.0 cm³/mol. The number of hydrogen-bond donors (Lipinski definition) is 1. The minimum atomic E-state index is 0.518. The summed E-state index contributed by atoms with van der Waals surface area (Å²) in [6.45, 7) is 3.00. The van der Waals surface area contributed by atoms with Crippen molar-refractivity contribution in [3.63, 3.8) is 0 Å². The molecule has 0 saturated heterocycles. The minimum Gasteiger partial charge on any atom is -0.369 e. The molecule has 3 nitrogen and oxygen atoms in total. The van der Waals surface area contributed by atoms with Gasteiger partial charge in [0.1, 0.15) is 5.82 Å². The number of rotatable bonds is 2. The Bertz CT molecular complexity index is 899. The molecular formula is C18H15Cl2N3. The van der Waals surface area contributed by atoms with Crippen molar-refractivity contribution in [1.29, 1.82) is 0 Å². The van der Waals surface area contributed by atoms with Crippen LogP contribution in [0.3, 0.4) is 0 Å². The molecule has 2 aromatic carbocycles. The third-order valence-electron chi connectivity index (χ3n) is 4.10. The first-order valence-electron chi connectivity index (χ1n) is 7.52. The van der Waals surface area contributed by atoms with E-state index in [0.717, 1.165) is 35.7 Å². The SMILES string of the molecule is Cc1cccc(-c2nn(-c3cccc(Cl)c3Cl)c3c2CCN3)c1. The predicted octanol–water partition coefficient (Wildman–Crippen LogP) is 5.12. The summed E-state index contributed by atoms with van der Waals surface area (Å²) in [4.78, 5) is 0. The van der Waals surface area contributed by atoms with Crippen LogP contribution in [0.2, 0.25) is 10.0 Å². The van der Waals surface area contributed by atoms with Crippen molar-refractivity contribution < 1.29 is 0 Å². The Balaban J connectivity index is 1.93. The van der Waals surface area contributed by atoms with E-state index in [1.807, 2.05) is 16.8 Å². The van der Waals surface area contributed by atoms with Gasteiger partial charge in [0.15, 0.2) is 0 Å². The molecule has 0 saturated carbocycles. The molecule has 0 aliphatic carbocycles. The minimum absolute atomic E-state index is 0.518. The smallest absolute Gasteiger partial charge is 0.133 e. The van der Waals surface area contributed by atoms with Crippen molar-refractivity contribution in [3.05, 3.63) is 63.6 Å². The molecule has 23 heavy (non-hydrogen) atoms. The van der Waals surface area contributed by atoms with Crippen molar-refractivity contribution in [3.8, 4) is 16.9 Å². The Labute approximate surface area is 144 Å². The van der Waals surface area contributed by atoms with E-state index < -0.39 is 0 Å². The lowest BCUT2D eigenvalue weighted by molar-refractivity contribution is 0.882. The van der Waals surface area contributed by atoms with E-state index in [4.69, 9.17) is 28.3 Å². The van der Waals surface area contributed by atoms with Crippen LogP contribution in [0.1, 0.15) is 11.1 Å². The average molecular weight is 344 g/mol. The van der Waals surface area contributed by atoms with Crippen LogP contribution in [0, 0.1) is 6.92 Å². The number of nitrogens with zero attached hydrogens (tertiary/aromatic N) is 2. The van der Waals surface area contributed by atoms with E-state index in [-0.39, 0.29) is 0 Å². The topological polar surface area (TPSA) is 29.9 Å². The van der Waals surface area contributed by atoms with Crippen molar-refractivity contribution in [1.82, 2.24) is 9.78 Å². The lowest BCUT2D eigenvalue weighted by Crippen LogP contribution is -2.05. The highest BCUT2D eigenvalue weighted by atomic mass is 35.5. The summed E-state index contributed by atoms with van der Waals surface area (Å²) in [5, 5.41) is 9.29. The molecule has 0 amide bonds. The van der Waals surface area contributed by atoms with Crippen LogP contribution in [0.4, 0.5) is 5.82 Å². The Kier molecular flexibility index (Phi) is 3.55. The Morgan fingerprint density at radius 3 is 2.78 bits per heavy atom. The van der Waals surface area contributed by atoms with E-state index >= 15 is 0 Å². The van der Waals surface area contributed by atoms with E-state index in [0.29, 0.717) is 10.0 Å². The molecule has 116 valence electrons. The molecule has 0 spiro atoms. The molecule has 1 aromatic heterocycles. The lowest BCUT2D eigenvalue weighted by Gasteiger charge is -2.09. The van der Waals surface area contributed by atoms with Crippen LogP contribution in [-0.4, -0.2) is 16.3 Å². The van der Waals surface area contributed by atoms with E-state index in [9.17, 15) is 0 Å². The molecule has 0 atom stereocenters. The fourth-order valence-electron chi connectivity index (χ4n) is 3.03. The van der Waals surface area contributed by atoms with Crippen molar-refractivity contribution >= 4 is 29.0 Å². The van der Waals surface area contributed by atoms with Gasteiger partial charge >= 0.3 is 0 Å². The van der Waals surface area contributed by atoms with Gasteiger partial charge in [0.25, 0.3) is 0 Å². The maximum atomic E-state index is 6.39. The highest BCUT2D eigenvalue weighted by Crippen LogP contribution is 2.37. The molecule has 2 heterocycles. The lowest BCUT2D eigenvalue weighted by atomic mass is 10.0. The van der Waals surface area contributed by atoms with Gasteiger partial charge in [-0.2, -0.15) is 5.10 Å². The third kappa shape index (κ3) is 2.41. The Hall–Kier alpha value is -1.97. The number of aryl methyl sites for hydroxylation is 1. The van der Waals surface area contributed by atoms with Gasteiger partial charge < -0.3 is 5.32 Å². The first-order valence-corrected chi connectivity index (χ1v) is 8.28. The molecule has 1 aliphatic rings. The largest absolute Gasteiger partial charge is 0.369 e. The zero-order valence-electron chi connectivity index (χ0n) is 12.6. The second kappa shape index (κ2) is 5.59. The summed E-state index contributed by atoms with van der Waals surface area (Å²) < 4.78 is 1.87. The summed E-state index contributed by atoms with van der Waals surface area (Å²) in [6, 6.07) is 14.0. The molecule has 4 rings (SSSR count). The van der Waals surface area contributed by atoms with Crippen molar-refractivity contribution in [2.75, 3.05) is 11.9 Å². The summed E-state index contributed by atoms with van der Waals surface area (Å²) >= 11 is 12.6. The Morgan fingerprint density at radius 2 is 1.96 bits per heavy atom. The van der Waals surface area contributed by atoms with Gasteiger partial charge in [0.2, 0.25) is 0 Å². The maximum absolute atomic E-state index is 6.39. The van der Waals surface area contributed by atoms with Crippen LogP contribution >= 0.6 is 23.2 Å². The molecule has 1 N–H and O–H groups in total. The van der Waals surface area contributed by atoms with Gasteiger partial charge in [-0.25, -0.2) is 4.68 Å². The summed E-state index contributed by atoms with van der Waals surface area (Å²) in [5.74, 6) is 1.01. The molecule has 0 unspecified atom stereocenters. The highest BCUT2D eigenvalue weighted by molar-refractivity contribution is 6.43. The van der Waals surface area contributed by atoms with Gasteiger partial charge in [0.05, 0.1) is 21.4 Å². The highest BCUT2D eigenvalue weighted by Gasteiger charge is 2.25. The van der Waals surface area contributed by atoms with Crippen molar-refractivity contribution in [2.24, 2.45) is 0 Å². The first-order chi connectivity index (χ1) is 11.1. The molecule has 0 radical (unpaired) electrons. The quantitative estimate of drug-likeness (QED) is 0.699. The van der Waals surface area contributed by atoms with Crippen LogP contribution < -0.4 is 5.32 Å². The van der Waals surface area contributed by atoms with E-state index in [1.54, 1.807) is 6.07 Å². The van der Waals surface area contributed by atoms with Crippen molar-refractivity contribution in [2.45, 2.75) is 13.3 Å². The molecule has 1 aliphatic heterocycles. The van der Waals surface area contributed by atoms with Crippen LogP contribution in [0.5, 0.6) is 0 Å². The van der Waals surface area contributed by atoms with E-state index in [2.05, 4.69) is 36.5 Å². The number of fused-ring (bicyclic) bond motifs is 1. The fraction of sp³-hybridized carbons (Fsp3) is 0.167. The van der Waals surface area contributed by atoms with Gasteiger partial charge in [-0.3, -0.25) is 0 Å².